The number of benzene rings is 18. The van der Waals surface area contributed by atoms with Crippen LogP contribution in [0.1, 0.15) is 0 Å². The van der Waals surface area contributed by atoms with E-state index >= 15 is 0 Å². The topological polar surface area (TPSA) is 118 Å². The summed E-state index contributed by atoms with van der Waals surface area (Å²) >= 11 is 1.88. The minimum atomic E-state index is 0.620. The number of hydrogen-bond acceptors (Lipinski definition) is 9. The van der Waals surface area contributed by atoms with E-state index in [0.29, 0.717) is 11.8 Å². The predicted octanol–water partition coefficient (Wildman–Crippen LogP) is 30.3. The zero-order chi connectivity index (χ0) is 82.9. The third-order valence-electron chi connectivity index (χ3n) is 24.7. The number of furan rings is 2. The Morgan fingerprint density at radius 2 is 0.524 bits per heavy atom. The fraction of sp³-hybridized carbons (Fsp3) is 0. The van der Waals surface area contributed by atoms with Gasteiger partial charge in [0.05, 0.1) is 65.9 Å². The van der Waals surface area contributed by atoms with Crippen molar-refractivity contribution in [2.45, 2.75) is 0 Å². The first-order valence-electron chi connectivity index (χ1n) is 42.3. The molecule has 0 aliphatic heterocycles. The second kappa shape index (κ2) is 29.5. The molecule has 0 bridgehead atoms. The quantitative estimate of drug-likeness (QED) is 0.140. The van der Waals surface area contributed by atoms with Crippen molar-refractivity contribution in [3.63, 3.8) is 0 Å². The first-order chi connectivity index (χ1) is 62.5. The van der Waals surface area contributed by atoms with E-state index in [1.165, 1.54) is 63.9 Å². The Labute approximate surface area is 724 Å². The molecule has 27 aromatic rings. The van der Waals surface area contributed by atoms with Gasteiger partial charge in [0.2, 0.25) is 5.95 Å². The van der Waals surface area contributed by atoms with Crippen LogP contribution in [0.15, 0.2) is 427 Å². The lowest BCUT2D eigenvalue weighted by Crippen LogP contribution is -2.03. The van der Waals surface area contributed by atoms with Crippen molar-refractivity contribution < 1.29 is 8.83 Å². The molecule has 9 heterocycles. The number of nitrogens with zero attached hydrogens (tertiary/aromatic N) is 9. The number of para-hydroxylation sites is 8. The highest BCUT2D eigenvalue weighted by Gasteiger charge is 2.26. The molecular formula is C114H69N9O2S. The summed E-state index contributed by atoms with van der Waals surface area (Å²) in [6.45, 7) is 0. The number of fused-ring (bicyclic) bond motifs is 24. The van der Waals surface area contributed by atoms with Gasteiger partial charge in [-0.15, -0.1) is 11.3 Å². The molecule has 0 saturated heterocycles. The fourth-order valence-corrected chi connectivity index (χ4v) is 20.1. The Morgan fingerprint density at radius 1 is 0.198 bits per heavy atom. The summed E-state index contributed by atoms with van der Waals surface area (Å²) in [5, 5.41) is 17.3. The molecule has 0 radical (unpaired) electrons. The van der Waals surface area contributed by atoms with Crippen molar-refractivity contribution >= 4 is 174 Å². The maximum atomic E-state index is 6.54. The molecule has 588 valence electrons. The molecule has 18 aromatic carbocycles. The summed E-state index contributed by atoms with van der Waals surface area (Å²) in [4.78, 5) is 30.5. The van der Waals surface area contributed by atoms with Gasteiger partial charge >= 0.3 is 0 Å². The first kappa shape index (κ1) is 72.1. The minimum absolute atomic E-state index is 0.620. The third kappa shape index (κ3) is 11.9. The zero-order valence-corrected chi connectivity index (χ0v) is 68.4. The summed E-state index contributed by atoms with van der Waals surface area (Å²) in [5.74, 6) is 2.06. The number of rotatable bonds is 9. The van der Waals surface area contributed by atoms with Gasteiger partial charge in [-0.25, -0.2) is 29.9 Å². The molecule has 0 amide bonds. The number of hydrogen-bond donors (Lipinski definition) is 0. The summed E-state index contributed by atoms with van der Waals surface area (Å²) in [7, 11) is 0. The number of aromatic nitrogens is 9. The molecule has 0 atom stereocenters. The zero-order valence-electron chi connectivity index (χ0n) is 67.6. The van der Waals surface area contributed by atoms with Gasteiger partial charge in [-0.1, -0.05) is 303 Å². The summed E-state index contributed by atoms with van der Waals surface area (Å²) in [6.07, 6.45) is 0. The molecular weight excluding hydrogens is 1560 g/mol. The second-order valence-corrected chi connectivity index (χ2v) is 32.9. The highest BCUT2D eigenvalue weighted by atomic mass is 32.1. The van der Waals surface area contributed by atoms with Crippen molar-refractivity contribution in [2.75, 3.05) is 0 Å². The summed E-state index contributed by atoms with van der Waals surface area (Å²) < 4.78 is 22.6. The molecule has 0 N–H and O–H groups in total. The highest BCUT2D eigenvalue weighted by molar-refractivity contribution is 7.26. The predicted molar refractivity (Wildman–Crippen MR) is 522 cm³/mol. The average molecular weight is 1630 g/mol. The molecule has 126 heavy (non-hydrogen) atoms. The van der Waals surface area contributed by atoms with E-state index in [1.54, 1.807) is 0 Å². The maximum Gasteiger partial charge on any atom is 0.235 e. The van der Waals surface area contributed by atoms with Crippen LogP contribution in [0, 0.1) is 0 Å². The maximum absolute atomic E-state index is 6.54. The lowest BCUT2D eigenvalue weighted by Gasteiger charge is -2.12. The van der Waals surface area contributed by atoms with Crippen LogP contribution in [0.25, 0.3) is 247 Å². The molecule has 11 nitrogen and oxygen atoms in total. The molecule has 0 aliphatic rings. The van der Waals surface area contributed by atoms with Crippen LogP contribution in [0.3, 0.4) is 0 Å². The van der Waals surface area contributed by atoms with Crippen molar-refractivity contribution in [2.24, 2.45) is 0 Å². The van der Waals surface area contributed by atoms with E-state index in [1.807, 2.05) is 102 Å². The van der Waals surface area contributed by atoms with Crippen LogP contribution in [0.4, 0.5) is 0 Å². The first-order valence-corrected chi connectivity index (χ1v) is 43.1. The van der Waals surface area contributed by atoms with Crippen LogP contribution in [-0.2, 0) is 0 Å². The van der Waals surface area contributed by atoms with Crippen LogP contribution < -0.4 is 0 Å². The van der Waals surface area contributed by atoms with E-state index in [9.17, 15) is 0 Å². The smallest absolute Gasteiger partial charge is 0.235 e. The molecule has 0 aliphatic carbocycles. The van der Waals surface area contributed by atoms with Crippen LogP contribution in [0.2, 0.25) is 0 Å². The molecule has 0 saturated carbocycles. The standard InChI is InChI=1S/2C38H23N3O.C38H23N3S/c1-2-10-24(11-3-1)35-31-14-4-7-15-32(31)39-38(40-35)25-18-20-26(21-19-25)41-33-16-8-5-12-27(33)29-22-23-30-28-13-6-9-17-34(28)42-37(30)36(29)41;1-2-10-24(11-3-1)25-18-20-26(21-19-25)35-31-14-4-7-15-32(31)39-38(40-35)41-33-16-8-5-12-27(33)29-22-23-30-28-13-6-9-17-34(28)42-37(30)36(29)41;1-2-10-24(11-3-1)35-31-14-4-7-15-32(31)39-38(40-35)25-18-20-26(21-19-25)41-33-16-8-5-12-27(33)29-22-23-30-28-13-6-9-17-34(28)42-37(30)36(29)41/h3*1-23H. The van der Waals surface area contributed by atoms with E-state index < -0.39 is 0 Å². The fourth-order valence-electron chi connectivity index (χ4n) is 18.8. The van der Waals surface area contributed by atoms with Gasteiger partial charge in [0, 0.05) is 125 Å². The van der Waals surface area contributed by atoms with E-state index in [2.05, 4.69) is 341 Å². The van der Waals surface area contributed by atoms with Gasteiger partial charge < -0.3 is 18.0 Å². The normalized spacial score (nSPS) is 11.8. The van der Waals surface area contributed by atoms with Crippen molar-refractivity contribution in [3.05, 3.63) is 419 Å². The Bertz CT molecular complexity index is 8670. The summed E-state index contributed by atoms with van der Waals surface area (Å²) in [6, 6.07) is 146. The Kier molecular flexibility index (Phi) is 16.9. The monoisotopic (exact) mass is 1630 g/mol. The van der Waals surface area contributed by atoms with Gasteiger partial charge in [-0.2, -0.15) is 0 Å². The van der Waals surface area contributed by atoms with Gasteiger partial charge in [0.25, 0.3) is 0 Å². The second-order valence-electron chi connectivity index (χ2n) is 31.9. The van der Waals surface area contributed by atoms with Gasteiger partial charge in [-0.05, 0) is 126 Å². The molecule has 12 heteroatoms. The van der Waals surface area contributed by atoms with Crippen LogP contribution in [0.5, 0.6) is 0 Å². The summed E-state index contributed by atoms with van der Waals surface area (Å²) in [5.41, 5.74) is 25.5. The lowest BCUT2D eigenvalue weighted by atomic mass is 10.0. The SMILES string of the molecule is c1ccc(-c2ccc(-c3nc(-n4c5ccccc5c5ccc6c7ccccc7oc6c54)nc4ccccc34)cc2)cc1.c1ccc(-c2nc(-c3ccc(-n4c5ccccc5c5ccc6c7ccccc7oc6c54)cc3)nc3ccccc23)cc1.c1ccc(-c2nc(-c3ccc(-n4c5ccccc5c5ccc6c7ccccc7sc6c54)cc3)nc3ccccc23)cc1. The van der Waals surface area contributed by atoms with E-state index in [0.717, 1.165) is 172 Å². The Hall–Kier alpha value is -16.8. The van der Waals surface area contributed by atoms with Gasteiger partial charge in [-0.3, -0.25) is 4.57 Å². The molecule has 0 fully saturated rings. The Morgan fingerprint density at radius 3 is 1.02 bits per heavy atom. The molecule has 0 unspecified atom stereocenters. The van der Waals surface area contributed by atoms with E-state index in [-0.39, 0.29) is 0 Å². The van der Waals surface area contributed by atoms with Crippen molar-refractivity contribution in [3.8, 4) is 85.0 Å². The number of thiophene rings is 1. The average Bonchev–Trinajstić information content (AvgIpc) is 1.56. The van der Waals surface area contributed by atoms with Crippen molar-refractivity contribution in [1.82, 2.24) is 43.6 Å². The minimum Gasteiger partial charge on any atom is -0.454 e. The largest absolute Gasteiger partial charge is 0.454 e. The third-order valence-corrected chi connectivity index (χ3v) is 25.9. The lowest BCUT2D eigenvalue weighted by molar-refractivity contribution is 0.670. The van der Waals surface area contributed by atoms with Gasteiger partial charge in [0.1, 0.15) is 16.7 Å². The van der Waals surface area contributed by atoms with Gasteiger partial charge in [0.15, 0.2) is 22.8 Å². The highest BCUT2D eigenvalue weighted by Crippen LogP contribution is 2.47. The van der Waals surface area contributed by atoms with Crippen LogP contribution >= 0.6 is 11.3 Å². The van der Waals surface area contributed by atoms with E-state index in [4.69, 9.17) is 38.7 Å². The van der Waals surface area contributed by atoms with Crippen LogP contribution in [-0.4, -0.2) is 43.6 Å². The molecule has 0 spiro atoms. The van der Waals surface area contributed by atoms with Crippen molar-refractivity contribution in [1.29, 1.82) is 0 Å². The molecule has 27 rings (SSSR count). The Balaban J connectivity index is 0.000000103. The molecule has 9 aromatic heterocycles.